The number of carbonyl (C=O) groups excluding carboxylic acids is 1. The number of hydrogen-bond acceptors (Lipinski definition) is 2. The summed E-state index contributed by atoms with van der Waals surface area (Å²) < 4.78 is 1.98. The summed E-state index contributed by atoms with van der Waals surface area (Å²) in [4.78, 5) is 16.4. The molecule has 0 aromatic carbocycles. The Morgan fingerprint density at radius 2 is 2.00 bits per heavy atom. The molecule has 1 aliphatic heterocycles. The van der Waals surface area contributed by atoms with Crippen LogP contribution in [-0.4, -0.2) is 53.0 Å². The number of carbonyl (C=O) groups is 1. The van der Waals surface area contributed by atoms with Gasteiger partial charge in [0.05, 0.1) is 6.42 Å². The van der Waals surface area contributed by atoms with E-state index in [-0.39, 0.29) is 5.91 Å². The van der Waals surface area contributed by atoms with Gasteiger partial charge in [-0.05, 0) is 18.2 Å². The molecule has 1 aliphatic rings. The van der Waals surface area contributed by atoms with E-state index in [1.807, 2.05) is 35.0 Å². The molecule has 1 aromatic rings. The lowest BCUT2D eigenvalue weighted by molar-refractivity contribution is -0.132. The Morgan fingerprint density at radius 1 is 1.29 bits per heavy atom. The predicted molar refractivity (Wildman–Crippen MR) is 67.8 cm³/mol. The number of likely N-dealkylation sites (N-methyl/N-ethyl adjacent to an activating group) is 1. The van der Waals surface area contributed by atoms with Gasteiger partial charge in [-0.2, -0.15) is 0 Å². The van der Waals surface area contributed by atoms with E-state index >= 15 is 0 Å². The molecule has 0 atom stereocenters. The van der Waals surface area contributed by atoms with Crippen molar-refractivity contribution in [3.63, 3.8) is 0 Å². The van der Waals surface area contributed by atoms with E-state index in [1.54, 1.807) is 0 Å². The molecule has 4 nitrogen and oxygen atoms in total. The Kier molecular flexibility index (Phi) is 3.84. The Labute approximate surface area is 103 Å². The van der Waals surface area contributed by atoms with E-state index in [9.17, 15) is 4.79 Å². The largest absolute Gasteiger partial charge is 0.357 e. The Balaban J connectivity index is 1.85. The molecular formula is C13H21N3O. The van der Waals surface area contributed by atoms with Crippen molar-refractivity contribution in [2.75, 3.05) is 32.7 Å². The molecule has 17 heavy (non-hydrogen) atoms. The van der Waals surface area contributed by atoms with Crippen LogP contribution in [0.2, 0.25) is 0 Å². The first-order valence-electron chi connectivity index (χ1n) is 6.30. The fraction of sp³-hybridized carbons (Fsp3) is 0.615. The molecule has 1 fully saturated rings. The van der Waals surface area contributed by atoms with Gasteiger partial charge in [0.15, 0.2) is 0 Å². The molecule has 0 N–H and O–H groups in total. The maximum Gasteiger partial charge on any atom is 0.227 e. The van der Waals surface area contributed by atoms with Gasteiger partial charge in [0.2, 0.25) is 5.91 Å². The topological polar surface area (TPSA) is 28.5 Å². The molecule has 4 heteroatoms. The van der Waals surface area contributed by atoms with Crippen molar-refractivity contribution in [3.8, 4) is 0 Å². The lowest BCUT2D eigenvalue weighted by Crippen LogP contribution is -2.48. The molecule has 1 aromatic heterocycles. The number of amides is 1. The van der Waals surface area contributed by atoms with Gasteiger partial charge in [0.25, 0.3) is 0 Å². The van der Waals surface area contributed by atoms with Gasteiger partial charge in [-0.25, -0.2) is 0 Å². The first-order valence-corrected chi connectivity index (χ1v) is 6.30. The summed E-state index contributed by atoms with van der Waals surface area (Å²) in [6.45, 7) is 7.02. The molecule has 0 saturated carbocycles. The van der Waals surface area contributed by atoms with Crippen LogP contribution in [0.4, 0.5) is 0 Å². The average molecular weight is 235 g/mol. The lowest BCUT2D eigenvalue weighted by atomic mass is 10.2. The maximum absolute atomic E-state index is 12.1. The summed E-state index contributed by atoms with van der Waals surface area (Å²) in [5.74, 6) is 0.256. The Bertz CT molecular complexity index is 378. The first-order chi connectivity index (χ1) is 8.19. The second-order valence-corrected chi connectivity index (χ2v) is 4.68. The van der Waals surface area contributed by atoms with Crippen LogP contribution >= 0.6 is 0 Å². The molecule has 0 spiro atoms. The maximum atomic E-state index is 12.1. The number of aromatic nitrogens is 1. The third-order valence-corrected chi connectivity index (χ3v) is 3.42. The van der Waals surface area contributed by atoms with Gasteiger partial charge < -0.3 is 14.4 Å². The van der Waals surface area contributed by atoms with E-state index in [1.165, 1.54) is 0 Å². The van der Waals surface area contributed by atoms with Crippen molar-refractivity contribution >= 4 is 5.91 Å². The summed E-state index contributed by atoms with van der Waals surface area (Å²) in [6, 6.07) is 2.01. The molecule has 1 amide bonds. The molecule has 2 heterocycles. The van der Waals surface area contributed by atoms with E-state index in [2.05, 4.69) is 11.8 Å². The zero-order valence-corrected chi connectivity index (χ0v) is 10.7. The first kappa shape index (κ1) is 12.2. The SMILES string of the molecule is CCN1CCN(C(=O)Cc2ccn(C)c2)CC1. The van der Waals surface area contributed by atoms with Crippen LogP contribution in [0.3, 0.4) is 0 Å². The van der Waals surface area contributed by atoms with E-state index < -0.39 is 0 Å². The van der Waals surface area contributed by atoms with Crippen molar-refractivity contribution < 1.29 is 4.79 Å². The summed E-state index contributed by atoms with van der Waals surface area (Å²) in [6.07, 6.45) is 4.53. The second-order valence-electron chi connectivity index (χ2n) is 4.68. The highest BCUT2D eigenvalue weighted by Crippen LogP contribution is 2.07. The van der Waals surface area contributed by atoms with Crippen molar-refractivity contribution in [2.45, 2.75) is 13.3 Å². The Hall–Kier alpha value is -1.29. The van der Waals surface area contributed by atoms with Crippen LogP contribution in [-0.2, 0) is 18.3 Å². The molecular weight excluding hydrogens is 214 g/mol. The third kappa shape index (κ3) is 3.09. The second kappa shape index (κ2) is 5.36. The van der Waals surface area contributed by atoms with Crippen molar-refractivity contribution in [2.24, 2.45) is 7.05 Å². The van der Waals surface area contributed by atoms with Crippen LogP contribution in [0.15, 0.2) is 18.5 Å². The summed E-state index contributed by atoms with van der Waals surface area (Å²) in [5.41, 5.74) is 1.11. The number of piperazine rings is 1. The van der Waals surface area contributed by atoms with E-state index in [0.717, 1.165) is 38.3 Å². The quantitative estimate of drug-likeness (QED) is 0.773. The third-order valence-electron chi connectivity index (χ3n) is 3.42. The fourth-order valence-electron chi connectivity index (χ4n) is 2.27. The molecule has 0 unspecified atom stereocenters. The van der Waals surface area contributed by atoms with Gasteiger partial charge in [0.1, 0.15) is 0 Å². The van der Waals surface area contributed by atoms with Gasteiger partial charge in [-0.3, -0.25) is 4.79 Å². The highest BCUT2D eigenvalue weighted by Gasteiger charge is 2.20. The normalized spacial score (nSPS) is 17.4. The summed E-state index contributed by atoms with van der Waals surface area (Å²) in [7, 11) is 1.98. The predicted octanol–water partition coefficient (Wildman–Crippen LogP) is 0.732. The van der Waals surface area contributed by atoms with Crippen LogP contribution in [0.5, 0.6) is 0 Å². The molecule has 0 bridgehead atoms. The van der Waals surface area contributed by atoms with Gasteiger partial charge >= 0.3 is 0 Å². The highest BCUT2D eigenvalue weighted by atomic mass is 16.2. The van der Waals surface area contributed by atoms with Crippen LogP contribution in [0, 0.1) is 0 Å². The Morgan fingerprint density at radius 3 is 2.53 bits per heavy atom. The summed E-state index contributed by atoms with van der Waals surface area (Å²) in [5, 5.41) is 0. The number of hydrogen-bond donors (Lipinski definition) is 0. The van der Waals surface area contributed by atoms with E-state index in [4.69, 9.17) is 0 Å². The van der Waals surface area contributed by atoms with Gasteiger partial charge in [0, 0.05) is 45.6 Å². The highest BCUT2D eigenvalue weighted by molar-refractivity contribution is 5.78. The minimum absolute atomic E-state index is 0.256. The zero-order valence-electron chi connectivity index (χ0n) is 10.7. The number of nitrogens with zero attached hydrogens (tertiary/aromatic N) is 3. The molecule has 1 saturated heterocycles. The van der Waals surface area contributed by atoms with Crippen LogP contribution in [0.1, 0.15) is 12.5 Å². The van der Waals surface area contributed by atoms with E-state index in [0.29, 0.717) is 6.42 Å². The molecule has 0 aliphatic carbocycles. The minimum atomic E-state index is 0.256. The standard InChI is InChI=1S/C13H21N3O/c1-3-15-6-8-16(9-7-15)13(17)10-12-4-5-14(2)11-12/h4-5,11H,3,6-10H2,1-2H3. The van der Waals surface area contributed by atoms with Gasteiger partial charge in [-0.1, -0.05) is 6.92 Å². The number of aryl methyl sites for hydroxylation is 1. The summed E-state index contributed by atoms with van der Waals surface area (Å²) >= 11 is 0. The number of rotatable bonds is 3. The monoisotopic (exact) mass is 235 g/mol. The van der Waals surface area contributed by atoms with Crippen LogP contribution < -0.4 is 0 Å². The molecule has 94 valence electrons. The van der Waals surface area contributed by atoms with Crippen molar-refractivity contribution in [1.82, 2.24) is 14.4 Å². The fourth-order valence-corrected chi connectivity index (χ4v) is 2.27. The lowest BCUT2D eigenvalue weighted by Gasteiger charge is -2.34. The zero-order chi connectivity index (χ0) is 12.3. The van der Waals surface area contributed by atoms with Crippen molar-refractivity contribution in [3.05, 3.63) is 24.0 Å². The average Bonchev–Trinajstić information content (AvgIpc) is 2.75. The van der Waals surface area contributed by atoms with Crippen LogP contribution in [0.25, 0.3) is 0 Å². The minimum Gasteiger partial charge on any atom is -0.357 e. The molecule has 0 radical (unpaired) electrons. The molecule has 2 rings (SSSR count). The smallest absolute Gasteiger partial charge is 0.227 e. The van der Waals surface area contributed by atoms with Crippen molar-refractivity contribution in [1.29, 1.82) is 0 Å². The van der Waals surface area contributed by atoms with Gasteiger partial charge in [-0.15, -0.1) is 0 Å².